The summed E-state index contributed by atoms with van der Waals surface area (Å²) >= 11 is 3.42. The fourth-order valence-corrected chi connectivity index (χ4v) is 2.16. The normalized spacial score (nSPS) is 24.9. The van der Waals surface area contributed by atoms with Gasteiger partial charge in [-0.1, -0.05) is 22.9 Å². The van der Waals surface area contributed by atoms with Gasteiger partial charge in [0.25, 0.3) is 0 Å². The second kappa shape index (κ2) is 6.48. The van der Waals surface area contributed by atoms with E-state index in [4.69, 9.17) is 4.74 Å². The van der Waals surface area contributed by atoms with Gasteiger partial charge in [0.05, 0.1) is 12.5 Å². The topological polar surface area (TPSA) is 38.3 Å². The third-order valence-corrected chi connectivity index (χ3v) is 3.94. The van der Waals surface area contributed by atoms with Crippen LogP contribution in [0.4, 0.5) is 0 Å². The Morgan fingerprint density at radius 3 is 2.87 bits per heavy atom. The number of nitrogens with one attached hydrogen (secondary N) is 1. The van der Waals surface area contributed by atoms with E-state index in [1.807, 2.05) is 6.92 Å². The molecule has 0 saturated carbocycles. The third-order valence-electron chi connectivity index (χ3n) is 2.92. The molecule has 1 amide bonds. The largest absolute Gasteiger partial charge is 0.378 e. The molecule has 0 aromatic carbocycles. The van der Waals surface area contributed by atoms with Gasteiger partial charge in [0, 0.05) is 18.0 Å². The summed E-state index contributed by atoms with van der Waals surface area (Å²) in [6.07, 6.45) is 2.77. The van der Waals surface area contributed by atoms with Gasteiger partial charge in [-0.15, -0.1) is 0 Å². The van der Waals surface area contributed by atoms with E-state index in [9.17, 15) is 4.79 Å². The number of hydrogen-bond acceptors (Lipinski definition) is 2. The molecule has 0 radical (unpaired) electrons. The molecule has 1 rings (SSSR count). The van der Waals surface area contributed by atoms with Crippen LogP contribution in [-0.2, 0) is 9.53 Å². The summed E-state index contributed by atoms with van der Waals surface area (Å²) in [5.74, 6) is 0.570. The minimum absolute atomic E-state index is 0.113. The van der Waals surface area contributed by atoms with E-state index in [2.05, 4.69) is 28.2 Å². The summed E-state index contributed by atoms with van der Waals surface area (Å²) in [5.41, 5.74) is 0. The Hall–Kier alpha value is -0.0900. The van der Waals surface area contributed by atoms with Gasteiger partial charge >= 0.3 is 0 Å². The van der Waals surface area contributed by atoms with Crippen LogP contribution in [0.3, 0.4) is 0 Å². The van der Waals surface area contributed by atoms with Crippen molar-refractivity contribution in [3.63, 3.8) is 0 Å². The Kier molecular flexibility index (Phi) is 5.61. The lowest BCUT2D eigenvalue weighted by Gasteiger charge is -2.20. The molecule has 1 fully saturated rings. The van der Waals surface area contributed by atoms with Crippen LogP contribution >= 0.6 is 15.9 Å². The maximum absolute atomic E-state index is 11.6. The van der Waals surface area contributed by atoms with Crippen LogP contribution in [0.1, 0.15) is 33.1 Å². The standard InChI is InChI=1S/C11H20BrNO2/c1-8(7-12)9(2)13-11(14)6-10-4-3-5-15-10/h8-10H,3-7H2,1-2H3,(H,13,14). The van der Waals surface area contributed by atoms with Crippen LogP contribution in [0.2, 0.25) is 0 Å². The summed E-state index contributed by atoms with van der Waals surface area (Å²) in [6, 6.07) is 0.221. The van der Waals surface area contributed by atoms with E-state index < -0.39 is 0 Å². The number of ether oxygens (including phenoxy) is 1. The molecule has 15 heavy (non-hydrogen) atoms. The molecule has 0 aliphatic carbocycles. The first kappa shape index (κ1) is 13.0. The van der Waals surface area contributed by atoms with Gasteiger partial charge in [-0.3, -0.25) is 4.79 Å². The molecule has 1 aliphatic rings. The number of hydrogen-bond donors (Lipinski definition) is 1. The van der Waals surface area contributed by atoms with Crippen molar-refractivity contribution >= 4 is 21.8 Å². The fourth-order valence-electron chi connectivity index (χ4n) is 1.60. The highest BCUT2D eigenvalue weighted by Crippen LogP contribution is 2.15. The Morgan fingerprint density at radius 2 is 2.33 bits per heavy atom. The molecular weight excluding hydrogens is 258 g/mol. The van der Waals surface area contributed by atoms with Crippen molar-refractivity contribution in [2.45, 2.75) is 45.3 Å². The highest BCUT2D eigenvalue weighted by Gasteiger charge is 2.20. The molecule has 3 unspecified atom stereocenters. The zero-order valence-corrected chi connectivity index (χ0v) is 11.0. The van der Waals surface area contributed by atoms with Crippen LogP contribution in [0, 0.1) is 5.92 Å². The number of carbonyl (C=O) groups is 1. The Bertz CT molecular complexity index is 205. The molecule has 3 atom stereocenters. The zero-order valence-electron chi connectivity index (χ0n) is 9.46. The van der Waals surface area contributed by atoms with Crippen LogP contribution in [0.5, 0.6) is 0 Å². The number of amides is 1. The highest BCUT2D eigenvalue weighted by atomic mass is 79.9. The first-order valence-corrected chi connectivity index (χ1v) is 6.72. The molecule has 1 aliphatic heterocycles. The first-order valence-electron chi connectivity index (χ1n) is 5.60. The summed E-state index contributed by atoms with van der Waals surface area (Å²) < 4.78 is 5.42. The second-order valence-electron chi connectivity index (χ2n) is 4.33. The van der Waals surface area contributed by atoms with Gasteiger partial charge in [0.1, 0.15) is 0 Å². The minimum atomic E-state index is 0.113. The van der Waals surface area contributed by atoms with Gasteiger partial charge in [-0.05, 0) is 25.7 Å². The van der Waals surface area contributed by atoms with E-state index in [1.165, 1.54) is 0 Å². The van der Waals surface area contributed by atoms with Crippen molar-refractivity contribution in [3.8, 4) is 0 Å². The van der Waals surface area contributed by atoms with E-state index in [-0.39, 0.29) is 18.1 Å². The maximum Gasteiger partial charge on any atom is 0.222 e. The Labute approximate surface area is 100 Å². The van der Waals surface area contributed by atoms with Gasteiger partial charge in [0.15, 0.2) is 0 Å². The first-order chi connectivity index (χ1) is 7.13. The fraction of sp³-hybridized carbons (Fsp3) is 0.909. The van der Waals surface area contributed by atoms with Crippen molar-refractivity contribution < 1.29 is 9.53 Å². The predicted molar refractivity (Wildman–Crippen MR) is 64.2 cm³/mol. The average molecular weight is 278 g/mol. The molecule has 1 saturated heterocycles. The quantitative estimate of drug-likeness (QED) is 0.782. The lowest BCUT2D eigenvalue weighted by molar-refractivity contribution is -0.124. The highest BCUT2D eigenvalue weighted by molar-refractivity contribution is 9.09. The van der Waals surface area contributed by atoms with E-state index in [1.54, 1.807) is 0 Å². The Balaban J connectivity index is 2.22. The van der Waals surface area contributed by atoms with Crippen LogP contribution in [0.25, 0.3) is 0 Å². The molecule has 0 aromatic rings. The molecule has 1 N–H and O–H groups in total. The SMILES string of the molecule is CC(CBr)C(C)NC(=O)CC1CCCO1. The van der Waals surface area contributed by atoms with Gasteiger partial charge in [0.2, 0.25) is 5.91 Å². The molecular formula is C11H20BrNO2. The maximum atomic E-state index is 11.6. The smallest absolute Gasteiger partial charge is 0.222 e. The van der Waals surface area contributed by atoms with Crippen molar-refractivity contribution in [1.29, 1.82) is 0 Å². The van der Waals surface area contributed by atoms with E-state index >= 15 is 0 Å². The van der Waals surface area contributed by atoms with Crippen molar-refractivity contribution in [2.24, 2.45) is 5.92 Å². The van der Waals surface area contributed by atoms with Crippen LogP contribution < -0.4 is 5.32 Å². The summed E-state index contributed by atoms with van der Waals surface area (Å²) in [7, 11) is 0. The Morgan fingerprint density at radius 1 is 1.60 bits per heavy atom. The summed E-state index contributed by atoms with van der Waals surface area (Å²) in [5, 5.41) is 3.92. The predicted octanol–water partition coefficient (Wildman–Crippen LogP) is 2.09. The zero-order chi connectivity index (χ0) is 11.3. The molecule has 1 heterocycles. The molecule has 3 nitrogen and oxygen atoms in total. The van der Waals surface area contributed by atoms with Gasteiger partial charge < -0.3 is 10.1 Å². The van der Waals surface area contributed by atoms with E-state index in [0.717, 1.165) is 24.8 Å². The number of alkyl halides is 1. The number of halogens is 1. The lowest BCUT2D eigenvalue weighted by Crippen LogP contribution is -2.39. The van der Waals surface area contributed by atoms with Crippen molar-refractivity contribution in [1.82, 2.24) is 5.32 Å². The summed E-state index contributed by atoms with van der Waals surface area (Å²) in [4.78, 5) is 11.6. The monoisotopic (exact) mass is 277 g/mol. The van der Waals surface area contributed by atoms with Crippen LogP contribution in [-0.4, -0.2) is 30.0 Å². The molecule has 0 aromatic heterocycles. The molecule has 4 heteroatoms. The van der Waals surface area contributed by atoms with Crippen molar-refractivity contribution in [3.05, 3.63) is 0 Å². The van der Waals surface area contributed by atoms with Crippen LogP contribution in [0.15, 0.2) is 0 Å². The molecule has 0 bridgehead atoms. The molecule has 0 spiro atoms. The number of carbonyl (C=O) groups excluding carboxylic acids is 1. The second-order valence-corrected chi connectivity index (χ2v) is 4.97. The molecule has 88 valence electrons. The van der Waals surface area contributed by atoms with E-state index in [0.29, 0.717) is 12.3 Å². The van der Waals surface area contributed by atoms with Crippen molar-refractivity contribution in [2.75, 3.05) is 11.9 Å². The number of rotatable bonds is 5. The average Bonchev–Trinajstić information content (AvgIpc) is 2.68. The van der Waals surface area contributed by atoms with Gasteiger partial charge in [-0.2, -0.15) is 0 Å². The minimum Gasteiger partial charge on any atom is -0.378 e. The van der Waals surface area contributed by atoms with Gasteiger partial charge in [-0.25, -0.2) is 0 Å². The lowest BCUT2D eigenvalue weighted by atomic mass is 10.1. The summed E-state index contributed by atoms with van der Waals surface area (Å²) in [6.45, 7) is 4.97. The third kappa shape index (κ3) is 4.51.